The fraction of sp³-hybridized carbons (Fsp3) is 0.700. The number of rotatable bonds is 38. The van der Waals surface area contributed by atoms with Crippen LogP contribution in [0.15, 0.2) is 18.6 Å². The van der Waals surface area contributed by atoms with E-state index < -0.39 is 190 Å². The van der Waals surface area contributed by atoms with E-state index in [0.29, 0.717) is 17.1 Å². The molecule has 3 aromatic heterocycles. The van der Waals surface area contributed by atoms with Gasteiger partial charge in [0.2, 0.25) is 0 Å². The van der Waals surface area contributed by atoms with Gasteiger partial charge in [-0.1, -0.05) is 15.6 Å². The number of carbonyl (C=O) groups excluding carboxylic acids is 12. The molecule has 3 aromatic rings. The molecule has 42 nitrogen and oxygen atoms in total. The maximum Gasteiger partial charge on any atom is 0.303 e. The van der Waals surface area contributed by atoms with Crippen molar-refractivity contribution in [2.24, 2.45) is 0 Å². The number of hydrogen-bond donors (Lipinski definition) is 0. The van der Waals surface area contributed by atoms with Crippen molar-refractivity contribution in [2.75, 3.05) is 52.9 Å². The molecule has 0 unspecified atom stereocenters. The highest BCUT2D eigenvalue weighted by atomic mass is 16.8. The third-order valence-electron chi connectivity index (χ3n) is 14.0. The monoisotopic (exact) mass is 1460 g/mol. The Hall–Kier alpha value is -9.30. The average molecular weight is 1460 g/mol. The third-order valence-corrected chi connectivity index (χ3v) is 14.0. The molecule has 6 rings (SSSR count). The van der Waals surface area contributed by atoms with Crippen LogP contribution < -0.4 is 0 Å². The lowest BCUT2D eigenvalue weighted by atomic mass is 9.98. The molecule has 42 heteroatoms. The number of esters is 12. The minimum atomic E-state index is -1.47. The van der Waals surface area contributed by atoms with Crippen LogP contribution in [0.3, 0.4) is 0 Å². The van der Waals surface area contributed by atoms with Gasteiger partial charge in [0, 0.05) is 83.1 Å². The van der Waals surface area contributed by atoms with Gasteiger partial charge in [0.25, 0.3) is 0 Å². The van der Waals surface area contributed by atoms with Crippen LogP contribution in [0.25, 0.3) is 0 Å². The fourth-order valence-corrected chi connectivity index (χ4v) is 10.2. The molecule has 0 aliphatic carbocycles. The van der Waals surface area contributed by atoms with E-state index in [2.05, 4.69) is 30.9 Å². The Bertz CT molecular complexity index is 3180. The van der Waals surface area contributed by atoms with Crippen molar-refractivity contribution in [2.45, 2.75) is 221 Å². The normalized spacial score (nSPS) is 24.9. The van der Waals surface area contributed by atoms with Crippen LogP contribution >= 0.6 is 0 Å². The highest BCUT2D eigenvalue weighted by molar-refractivity contribution is 5.71. The van der Waals surface area contributed by atoms with Gasteiger partial charge in [0.05, 0.1) is 91.1 Å². The van der Waals surface area contributed by atoms with Crippen molar-refractivity contribution in [1.29, 1.82) is 0 Å². The van der Waals surface area contributed by atoms with Crippen LogP contribution in [0.4, 0.5) is 0 Å². The van der Waals surface area contributed by atoms with Crippen LogP contribution in [-0.4, -0.2) is 268 Å². The highest BCUT2D eigenvalue weighted by Gasteiger charge is 2.56. The third kappa shape index (κ3) is 27.2. The molecule has 3 fully saturated rings. The van der Waals surface area contributed by atoms with Gasteiger partial charge in [-0.3, -0.25) is 57.5 Å². The quantitative estimate of drug-likeness (QED) is 0.0446. The summed E-state index contributed by atoms with van der Waals surface area (Å²) < 4.78 is 123. The summed E-state index contributed by atoms with van der Waals surface area (Å²) in [6.07, 6.45) is -17.3. The Balaban J connectivity index is 1.12. The molecule has 0 radical (unpaired) electrons. The predicted molar refractivity (Wildman–Crippen MR) is 322 cm³/mol. The highest BCUT2D eigenvalue weighted by Crippen LogP contribution is 2.33. The predicted octanol–water partition coefficient (Wildman–Crippen LogP) is -1.92. The molecule has 3 aliphatic rings. The average Bonchev–Trinajstić information content (AvgIpc) is 0.887. The molecule has 0 bridgehead atoms. The summed E-state index contributed by atoms with van der Waals surface area (Å²) in [6.45, 7) is 10.7. The van der Waals surface area contributed by atoms with Gasteiger partial charge >= 0.3 is 71.6 Å². The zero-order chi connectivity index (χ0) is 74.7. The zero-order valence-electron chi connectivity index (χ0n) is 57.9. The second-order valence-corrected chi connectivity index (χ2v) is 22.7. The summed E-state index contributed by atoms with van der Waals surface area (Å²) in [5, 5.41) is 25.0. The smallest absolute Gasteiger partial charge is 0.303 e. The first-order valence-corrected chi connectivity index (χ1v) is 31.6. The lowest BCUT2D eigenvalue weighted by Crippen LogP contribution is -2.63. The Morgan fingerprint density at radius 3 is 0.843 bits per heavy atom. The molecular weight excluding hydrogens is 1370 g/mol. The largest absolute Gasteiger partial charge is 0.463 e. The van der Waals surface area contributed by atoms with Gasteiger partial charge < -0.3 is 99.5 Å². The van der Waals surface area contributed by atoms with E-state index in [4.69, 9.17) is 99.5 Å². The van der Waals surface area contributed by atoms with Crippen LogP contribution in [0.1, 0.15) is 100 Å². The molecule has 3 aliphatic heterocycles. The number of nitrogens with zero attached hydrogens (tertiary/aromatic N) is 9. The maximum atomic E-state index is 12.3. The number of aromatic nitrogens is 9. The van der Waals surface area contributed by atoms with E-state index in [1.807, 2.05) is 0 Å². The van der Waals surface area contributed by atoms with Gasteiger partial charge in [-0.15, -0.1) is 15.3 Å². The summed E-state index contributed by atoms with van der Waals surface area (Å²) in [4.78, 5) is 146. The second-order valence-electron chi connectivity index (χ2n) is 22.7. The minimum absolute atomic E-state index is 0.000909. The van der Waals surface area contributed by atoms with Crippen molar-refractivity contribution in [3.8, 4) is 0 Å². The van der Waals surface area contributed by atoms with E-state index in [-0.39, 0.29) is 72.5 Å². The van der Waals surface area contributed by atoms with Crippen molar-refractivity contribution in [3.63, 3.8) is 0 Å². The molecular formula is C60H83N9O33. The summed E-state index contributed by atoms with van der Waals surface area (Å²) in [7, 11) is 0. The number of ether oxygens (including phenoxy) is 21. The molecule has 0 N–H and O–H groups in total. The summed E-state index contributed by atoms with van der Waals surface area (Å²) >= 11 is 0. The van der Waals surface area contributed by atoms with Crippen molar-refractivity contribution >= 4 is 71.6 Å². The number of hydrogen-bond acceptors (Lipinski definition) is 39. The lowest BCUT2D eigenvalue weighted by molar-refractivity contribution is -0.308. The fourth-order valence-electron chi connectivity index (χ4n) is 10.2. The lowest BCUT2D eigenvalue weighted by Gasteiger charge is -2.44. The Morgan fingerprint density at radius 1 is 0.343 bits per heavy atom. The first-order chi connectivity index (χ1) is 48.4. The Kier molecular flexibility index (Phi) is 32.3. The Labute approximate surface area is 581 Å². The molecule has 0 amide bonds. The molecule has 0 spiro atoms. The van der Waals surface area contributed by atoms with E-state index in [9.17, 15) is 57.5 Å². The zero-order valence-corrected chi connectivity index (χ0v) is 57.9. The molecule has 102 heavy (non-hydrogen) atoms. The van der Waals surface area contributed by atoms with Crippen LogP contribution in [0.5, 0.6) is 0 Å². The van der Waals surface area contributed by atoms with Gasteiger partial charge in [-0.2, -0.15) is 0 Å². The second kappa shape index (κ2) is 40.4. The van der Waals surface area contributed by atoms with Gasteiger partial charge in [0.15, 0.2) is 73.8 Å². The molecule has 6 heterocycles. The number of carbonyl (C=O) groups is 12. The van der Waals surface area contributed by atoms with Gasteiger partial charge in [-0.05, 0) is 0 Å². The molecule has 0 saturated carbocycles. The maximum absolute atomic E-state index is 12.3. The minimum Gasteiger partial charge on any atom is -0.463 e. The summed E-state index contributed by atoms with van der Waals surface area (Å²) in [5.41, 5.74) is 0.992. The van der Waals surface area contributed by atoms with Crippen molar-refractivity contribution in [3.05, 3.63) is 35.7 Å². The SMILES string of the molecule is CC(=O)OC[C@H]1O[C@@H](OCCn2cc(COCC(COCc3cn(CCO[C@@H]4O[C@H](COC(C)=O)[C@@H](OC(C)=O)[C@H](OC(C)=O)[C@@H]4OC(C)=O)nn3)OCc3cn(CCO[C@@H]4O[C@H](COC(C)=O)[C@@H](OC(C)=O)[C@H](OC(C)=O)[C@@H]4OC(C)=O)nn3)nn2)[C@@H](OC(C)=O)[C@@H](OC(C)=O)[C@@H]1OC(C)=O. The van der Waals surface area contributed by atoms with Gasteiger partial charge in [-0.25, -0.2) is 14.0 Å². The first-order valence-electron chi connectivity index (χ1n) is 31.6. The first kappa shape index (κ1) is 81.7. The standard InChI is InChI=1S/C60H83N9O33/c1-30(70)87-27-46-49(91-33(4)73)52(94-36(7)76)55(97-39(10)79)58(100-46)84-16-13-67-19-42(61-64-67)22-82-25-45(90-24-44-21-69(66-63-44)15-18-86-60-57(99-41(12)81)54(96-38(9)78)51(93-35(6)75)48(102-60)29-89-32(3)72)26-83-23-43-20-68(65-62-43)14-17-85-59-56(98-40(11)80)53(95-37(8)77)50(92-34(5)74)47(101-59)28-88-31(2)71/h19-21,45-60H,13-18,22-29H2,1-12H3/t46-,47-,48-,49-,50-,51-,52+,53+,54+,55+,56+,57+,58-,59-,60-/m1/s1. The van der Waals surface area contributed by atoms with Gasteiger partial charge in [0.1, 0.15) is 61.3 Å². The summed E-state index contributed by atoms with van der Waals surface area (Å²) in [5.74, 6) is -9.44. The molecule has 3 saturated heterocycles. The topological polar surface area (TPSA) is 491 Å². The summed E-state index contributed by atoms with van der Waals surface area (Å²) in [6, 6.07) is 0. The molecule has 0 aromatic carbocycles. The van der Waals surface area contributed by atoms with Crippen LogP contribution in [-0.2, 0) is 196 Å². The van der Waals surface area contributed by atoms with E-state index >= 15 is 0 Å². The van der Waals surface area contributed by atoms with E-state index in [1.165, 1.54) is 20.2 Å². The van der Waals surface area contributed by atoms with E-state index in [1.54, 1.807) is 12.4 Å². The Morgan fingerprint density at radius 2 is 0.588 bits per heavy atom. The van der Waals surface area contributed by atoms with Crippen molar-refractivity contribution in [1.82, 2.24) is 45.0 Å². The van der Waals surface area contributed by atoms with E-state index in [0.717, 1.165) is 83.1 Å². The molecule has 566 valence electrons. The van der Waals surface area contributed by atoms with Crippen LogP contribution in [0, 0.1) is 0 Å². The van der Waals surface area contributed by atoms with Crippen LogP contribution in [0.2, 0.25) is 0 Å². The van der Waals surface area contributed by atoms with Crippen molar-refractivity contribution < 1.29 is 157 Å². The molecule has 15 atom stereocenters.